The Kier molecular flexibility index (Phi) is 7.60. The molecule has 2 aromatic rings. The largest absolute Gasteiger partial charge is 0.380 e. The van der Waals surface area contributed by atoms with Gasteiger partial charge in [-0.3, -0.25) is 4.79 Å². The van der Waals surface area contributed by atoms with Gasteiger partial charge in [0.05, 0.1) is 11.0 Å². The average Bonchev–Trinajstić information content (AvgIpc) is 2.85. The number of sulfonamides is 1. The second-order valence-electron chi connectivity index (χ2n) is 9.51. The molecule has 4 rings (SSSR count). The monoisotopic (exact) mass is 485 g/mol. The highest BCUT2D eigenvalue weighted by Gasteiger charge is 2.43. The second kappa shape index (κ2) is 10.5. The summed E-state index contributed by atoms with van der Waals surface area (Å²) in [5.41, 5.74) is 1.45. The number of piperidine rings is 1. The van der Waals surface area contributed by atoms with Crippen LogP contribution in [0.15, 0.2) is 53.4 Å². The van der Waals surface area contributed by atoms with Crippen molar-refractivity contribution in [2.45, 2.75) is 68.4 Å². The van der Waals surface area contributed by atoms with Gasteiger partial charge in [0.25, 0.3) is 0 Å². The molecule has 1 saturated heterocycles. The van der Waals surface area contributed by atoms with Gasteiger partial charge >= 0.3 is 0 Å². The Labute approximate surface area is 202 Å². The Bertz CT molecular complexity index is 1100. The normalized spacial score (nSPS) is 20.6. The van der Waals surface area contributed by atoms with E-state index >= 15 is 0 Å². The Balaban J connectivity index is 1.49. The number of carbonyl (C=O) groups excluding carboxylic acids is 1. The lowest BCUT2D eigenvalue weighted by Crippen LogP contribution is -2.57. The molecule has 1 amide bonds. The number of anilines is 2. The van der Waals surface area contributed by atoms with E-state index in [0.29, 0.717) is 18.5 Å². The van der Waals surface area contributed by atoms with Crippen LogP contribution in [0.4, 0.5) is 11.4 Å². The van der Waals surface area contributed by atoms with Crippen LogP contribution in [0.5, 0.6) is 0 Å². The number of ether oxygens (including phenoxy) is 1. The topological polar surface area (TPSA) is 87.7 Å². The highest BCUT2D eigenvalue weighted by atomic mass is 32.2. The second-order valence-corrected chi connectivity index (χ2v) is 11.2. The zero-order valence-corrected chi connectivity index (χ0v) is 20.9. The molecule has 1 saturated carbocycles. The number of methoxy groups -OCH3 is 1. The Morgan fingerprint density at radius 3 is 2.47 bits per heavy atom. The maximum absolute atomic E-state index is 13.5. The van der Waals surface area contributed by atoms with E-state index in [1.807, 2.05) is 37.3 Å². The SMILES string of the molecule is COC1CCCN(c2ccc(NC(=O)C3(NS(=O)(=O)c4cccc(C)c4)CCCCC3)cc2)C1. The molecule has 2 aliphatic rings. The predicted molar refractivity (Wildman–Crippen MR) is 135 cm³/mol. The van der Waals surface area contributed by atoms with Gasteiger partial charge in [0.15, 0.2) is 0 Å². The van der Waals surface area contributed by atoms with Crippen LogP contribution in [-0.4, -0.2) is 46.2 Å². The number of hydrogen-bond donors (Lipinski definition) is 2. The summed E-state index contributed by atoms with van der Waals surface area (Å²) in [5, 5.41) is 2.98. The zero-order valence-electron chi connectivity index (χ0n) is 20.0. The van der Waals surface area contributed by atoms with Gasteiger partial charge in [-0.25, -0.2) is 8.42 Å². The van der Waals surface area contributed by atoms with E-state index in [4.69, 9.17) is 4.74 Å². The molecule has 184 valence electrons. The number of aryl methyl sites for hydroxylation is 1. The zero-order chi connectivity index (χ0) is 24.2. The van der Waals surface area contributed by atoms with Crippen molar-refractivity contribution < 1.29 is 17.9 Å². The van der Waals surface area contributed by atoms with E-state index in [-0.39, 0.29) is 16.9 Å². The van der Waals surface area contributed by atoms with E-state index in [9.17, 15) is 13.2 Å². The Morgan fingerprint density at radius 2 is 1.79 bits per heavy atom. The highest BCUT2D eigenvalue weighted by Crippen LogP contribution is 2.32. The van der Waals surface area contributed by atoms with E-state index in [1.165, 1.54) is 0 Å². The molecule has 8 heteroatoms. The third-order valence-corrected chi connectivity index (χ3v) is 8.51. The summed E-state index contributed by atoms with van der Waals surface area (Å²) in [6.07, 6.45) is 5.95. The van der Waals surface area contributed by atoms with Crippen LogP contribution in [0.2, 0.25) is 0 Å². The summed E-state index contributed by atoms with van der Waals surface area (Å²) in [5.74, 6) is -0.298. The number of amides is 1. The molecule has 1 aliphatic carbocycles. The first-order valence-electron chi connectivity index (χ1n) is 12.1. The minimum Gasteiger partial charge on any atom is -0.380 e. The smallest absolute Gasteiger partial charge is 0.245 e. The van der Waals surface area contributed by atoms with Crippen molar-refractivity contribution in [3.8, 4) is 0 Å². The number of carbonyl (C=O) groups is 1. The number of nitrogens with zero attached hydrogens (tertiary/aromatic N) is 1. The van der Waals surface area contributed by atoms with Crippen LogP contribution < -0.4 is 14.9 Å². The summed E-state index contributed by atoms with van der Waals surface area (Å²) < 4.78 is 34.7. The Morgan fingerprint density at radius 1 is 1.06 bits per heavy atom. The fourth-order valence-corrected chi connectivity index (χ4v) is 6.53. The molecule has 1 unspecified atom stereocenters. The molecule has 34 heavy (non-hydrogen) atoms. The van der Waals surface area contributed by atoms with Crippen molar-refractivity contribution in [1.29, 1.82) is 0 Å². The van der Waals surface area contributed by atoms with E-state index < -0.39 is 15.6 Å². The molecule has 2 fully saturated rings. The third-order valence-electron chi connectivity index (χ3n) is 6.97. The quantitative estimate of drug-likeness (QED) is 0.613. The van der Waals surface area contributed by atoms with Crippen molar-refractivity contribution in [2.24, 2.45) is 0 Å². The molecule has 1 aliphatic heterocycles. The fourth-order valence-electron chi connectivity index (χ4n) is 5.00. The molecule has 0 bridgehead atoms. The standard InChI is InChI=1S/C26H35N3O4S/c1-20-8-6-10-24(18-20)34(31,32)28-26(15-4-3-5-16-26)25(30)27-21-11-13-22(14-12-21)29-17-7-9-23(19-29)33-2/h6,8,10-14,18,23,28H,3-5,7,9,15-17,19H2,1-2H3,(H,27,30). The molecule has 0 aromatic heterocycles. The van der Waals surface area contributed by atoms with Crippen LogP contribution >= 0.6 is 0 Å². The third kappa shape index (κ3) is 5.62. The van der Waals surface area contributed by atoms with Gasteiger partial charge in [-0.05, 0) is 74.6 Å². The fraction of sp³-hybridized carbons (Fsp3) is 0.500. The lowest BCUT2D eigenvalue weighted by atomic mass is 9.82. The molecule has 1 heterocycles. The maximum Gasteiger partial charge on any atom is 0.245 e. The minimum atomic E-state index is -3.84. The van der Waals surface area contributed by atoms with Crippen molar-refractivity contribution in [1.82, 2.24) is 4.72 Å². The van der Waals surface area contributed by atoms with Gasteiger partial charge in [-0.15, -0.1) is 0 Å². The van der Waals surface area contributed by atoms with E-state index in [2.05, 4.69) is 14.9 Å². The van der Waals surface area contributed by atoms with Gasteiger partial charge < -0.3 is 15.0 Å². The summed E-state index contributed by atoms with van der Waals surface area (Å²) in [6, 6.07) is 14.5. The van der Waals surface area contributed by atoms with Crippen LogP contribution in [0.3, 0.4) is 0 Å². The summed E-state index contributed by atoms with van der Waals surface area (Å²) in [7, 11) is -2.09. The van der Waals surface area contributed by atoms with Gasteiger partial charge in [0.1, 0.15) is 5.54 Å². The lowest BCUT2D eigenvalue weighted by molar-refractivity contribution is -0.122. The van der Waals surface area contributed by atoms with Crippen molar-refractivity contribution >= 4 is 27.3 Å². The van der Waals surface area contributed by atoms with E-state index in [1.54, 1.807) is 25.3 Å². The molecule has 0 radical (unpaired) electrons. The highest BCUT2D eigenvalue weighted by molar-refractivity contribution is 7.89. The molecule has 1 atom stereocenters. The van der Waals surface area contributed by atoms with Crippen molar-refractivity contribution in [3.05, 3.63) is 54.1 Å². The maximum atomic E-state index is 13.5. The average molecular weight is 486 g/mol. The van der Waals surface area contributed by atoms with Gasteiger partial charge in [0.2, 0.25) is 15.9 Å². The first-order valence-corrected chi connectivity index (χ1v) is 13.6. The molecule has 2 aromatic carbocycles. The molecule has 7 nitrogen and oxygen atoms in total. The molecular weight excluding hydrogens is 450 g/mol. The molecular formula is C26H35N3O4S. The van der Waals surface area contributed by atoms with Crippen LogP contribution in [-0.2, 0) is 19.6 Å². The van der Waals surface area contributed by atoms with Gasteiger partial charge in [0, 0.05) is 31.6 Å². The lowest BCUT2D eigenvalue weighted by Gasteiger charge is -2.36. The number of nitrogens with one attached hydrogen (secondary N) is 2. The summed E-state index contributed by atoms with van der Waals surface area (Å²) in [6.45, 7) is 3.69. The molecule has 0 spiro atoms. The van der Waals surface area contributed by atoms with Crippen molar-refractivity contribution in [2.75, 3.05) is 30.4 Å². The molecule has 2 N–H and O–H groups in total. The van der Waals surface area contributed by atoms with Crippen LogP contribution in [0, 0.1) is 6.92 Å². The minimum absolute atomic E-state index is 0.186. The first kappa shape index (κ1) is 24.7. The van der Waals surface area contributed by atoms with Gasteiger partial charge in [-0.1, -0.05) is 31.4 Å². The number of benzene rings is 2. The number of rotatable bonds is 7. The van der Waals surface area contributed by atoms with E-state index in [0.717, 1.165) is 56.4 Å². The van der Waals surface area contributed by atoms with Crippen LogP contribution in [0.1, 0.15) is 50.5 Å². The summed E-state index contributed by atoms with van der Waals surface area (Å²) >= 11 is 0. The van der Waals surface area contributed by atoms with Crippen molar-refractivity contribution in [3.63, 3.8) is 0 Å². The number of hydrogen-bond acceptors (Lipinski definition) is 5. The van der Waals surface area contributed by atoms with Crippen LogP contribution in [0.25, 0.3) is 0 Å². The van der Waals surface area contributed by atoms with Gasteiger partial charge in [-0.2, -0.15) is 4.72 Å². The first-order chi connectivity index (χ1) is 16.3. The Hall–Kier alpha value is -2.42. The predicted octanol–water partition coefficient (Wildman–Crippen LogP) is 4.23. The summed E-state index contributed by atoms with van der Waals surface area (Å²) in [4.78, 5) is 15.9.